The van der Waals surface area contributed by atoms with Crippen LogP contribution in [0.25, 0.3) is 0 Å². The van der Waals surface area contributed by atoms with Crippen LogP contribution in [0.5, 0.6) is 5.75 Å². The molecule has 0 fully saturated rings. The molecule has 2 aromatic rings. The van der Waals surface area contributed by atoms with Crippen molar-refractivity contribution in [2.24, 2.45) is 0 Å². The Morgan fingerprint density at radius 1 is 1.36 bits per heavy atom. The molecular formula is C14H14FNO6. The van der Waals surface area contributed by atoms with Gasteiger partial charge in [0.2, 0.25) is 0 Å². The molecule has 118 valence electrons. The number of halogens is 1. The first-order chi connectivity index (χ1) is 10.5. The third-order valence-electron chi connectivity index (χ3n) is 2.64. The maximum atomic E-state index is 13.2. The Labute approximate surface area is 125 Å². The zero-order valence-corrected chi connectivity index (χ0v) is 11.5. The molecule has 7 nitrogen and oxygen atoms in total. The summed E-state index contributed by atoms with van der Waals surface area (Å²) in [6, 6.07) is 6.32. The van der Waals surface area contributed by atoms with E-state index in [2.05, 4.69) is 0 Å². The predicted molar refractivity (Wildman–Crippen MR) is 72.9 cm³/mol. The van der Waals surface area contributed by atoms with Gasteiger partial charge in [0.05, 0.1) is 29.9 Å². The summed E-state index contributed by atoms with van der Waals surface area (Å²) >= 11 is 0. The molecule has 1 atom stereocenters. The van der Waals surface area contributed by atoms with Gasteiger partial charge in [0.25, 0.3) is 5.69 Å². The van der Waals surface area contributed by atoms with E-state index in [1.165, 1.54) is 6.26 Å². The maximum absolute atomic E-state index is 13.2. The first kappa shape index (κ1) is 15.9. The van der Waals surface area contributed by atoms with E-state index in [0.29, 0.717) is 5.76 Å². The van der Waals surface area contributed by atoms with E-state index < -0.39 is 22.5 Å². The highest BCUT2D eigenvalue weighted by Gasteiger charge is 2.12. The van der Waals surface area contributed by atoms with Crippen LogP contribution >= 0.6 is 0 Å². The van der Waals surface area contributed by atoms with Crippen LogP contribution in [-0.2, 0) is 11.3 Å². The molecule has 1 heterocycles. The van der Waals surface area contributed by atoms with Crippen molar-refractivity contribution in [3.63, 3.8) is 0 Å². The van der Waals surface area contributed by atoms with Crippen LogP contribution in [0.1, 0.15) is 5.76 Å². The van der Waals surface area contributed by atoms with Gasteiger partial charge in [0.1, 0.15) is 36.6 Å². The van der Waals surface area contributed by atoms with Gasteiger partial charge < -0.3 is 19.0 Å². The summed E-state index contributed by atoms with van der Waals surface area (Å²) in [5, 5.41) is 20.3. The minimum atomic E-state index is -0.961. The molecule has 0 amide bonds. The zero-order valence-electron chi connectivity index (χ0n) is 11.5. The molecule has 22 heavy (non-hydrogen) atoms. The Balaban J connectivity index is 1.78. The highest BCUT2D eigenvalue weighted by atomic mass is 19.1. The molecule has 0 saturated heterocycles. The third-order valence-corrected chi connectivity index (χ3v) is 2.64. The third kappa shape index (κ3) is 4.83. The fourth-order valence-corrected chi connectivity index (χ4v) is 1.67. The number of rotatable bonds is 8. The van der Waals surface area contributed by atoms with Crippen LogP contribution in [0.15, 0.2) is 41.0 Å². The Bertz CT molecular complexity index is 616. The normalized spacial score (nSPS) is 12.1. The summed E-state index contributed by atoms with van der Waals surface area (Å²) in [5.41, 5.74) is -0.418. The van der Waals surface area contributed by atoms with Gasteiger partial charge in [-0.15, -0.1) is 0 Å². The second-order valence-corrected chi connectivity index (χ2v) is 4.46. The average Bonchev–Trinajstić information content (AvgIpc) is 2.98. The number of hydrogen-bond acceptors (Lipinski definition) is 6. The molecule has 0 aliphatic heterocycles. The minimum Gasteiger partial charge on any atom is -0.490 e. The summed E-state index contributed by atoms with van der Waals surface area (Å²) < 4.78 is 28.6. The molecule has 1 N–H and O–H groups in total. The summed E-state index contributed by atoms with van der Waals surface area (Å²) in [5.74, 6) is -0.196. The first-order valence-corrected chi connectivity index (χ1v) is 6.40. The summed E-state index contributed by atoms with van der Waals surface area (Å²) in [7, 11) is 0. The van der Waals surface area contributed by atoms with Gasteiger partial charge in [-0.25, -0.2) is 4.39 Å². The van der Waals surface area contributed by atoms with Gasteiger partial charge in [-0.1, -0.05) is 0 Å². The topological polar surface area (TPSA) is 95.0 Å². The van der Waals surface area contributed by atoms with E-state index in [1.54, 1.807) is 12.1 Å². The second kappa shape index (κ2) is 7.53. The number of hydrogen-bond donors (Lipinski definition) is 1. The van der Waals surface area contributed by atoms with Crippen LogP contribution < -0.4 is 4.74 Å². The standard InChI is InChI=1S/C14H14FNO6/c15-10-4-11(16(18)19)6-14(5-10)22-8-12(17)7-20-9-13-2-1-3-21-13/h1-6,12,17H,7-9H2. The van der Waals surface area contributed by atoms with E-state index in [0.717, 1.165) is 18.2 Å². The SMILES string of the molecule is O=[N+]([O-])c1cc(F)cc(OCC(O)COCc2ccco2)c1. The van der Waals surface area contributed by atoms with E-state index in [4.69, 9.17) is 13.9 Å². The van der Waals surface area contributed by atoms with Gasteiger partial charge in [0, 0.05) is 6.07 Å². The van der Waals surface area contributed by atoms with E-state index >= 15 is 0 Å². The Kier molecular flexibility index (Phi) is 5.45. The highest BCUT2D eigenvalue weighted by molar-refractivity contribution is 5.38. The molecule has 0 aliphatic rings. The van der Waals surface area contributed by atoms with Crippen LogP contribution in [0.2, 0.25) is 0 Å². The molecule has 0 spiro atoms. The van der Waals surface area contributed by atoms with Gasteiger partial charge in [-0.05, 0) is 12.1 Å². The minimum absolute atomic E-state index is 0.0158. The fraction of sp³-hybridized carbons (Fsp3) is 0.286. The number of nitro benzene ring substituents is 1. The van der Waals surface area contributed by atoms with E-state index in [1.807, 2.05) is 0 Å². The van der Waals surface area contributed by atoms with Crippen molar-refractivity contribution in [2.75, 3.05) is 13.2 Å². The molecule has 1 unspecified atom stereocenters. The first-order valence-electron chi connectivity index (χ1n) is 6.40. The molecule has 1 aromatic carbocycles. The summed E-state index contributed by atoms with van der Waals surface area (Å²) in [4.78, 5) is 9.88. The number of ether oxygens (including phenoxy) is 2. The molecule has 0 bridgehead atoms. The lowest BCUT2D eigenvalue weighted by molar-refractivity contribution is -0.385. The number of non-ortho nitro benzene ring substituents is 1. The quantitative estimate of drug-likeness (QED) is 0.593. The summed E-state index contributed by atoms with van der Waals surface area (Å²) in [6.45, 7) is 0.00632. The van der Waals surface area contributed by atoms with Crippen molar-refractivity contribution >= 4 is 5.69 Å². The monoisotopic (exact) mass is 311 g/mol. The average molecular weight is 311 g/mol. The largest absolute Gasteiger partial charge is 0.490 e. The number of nitrogens with zero attached hydrogens (tertiary/aromatic N) is 1. The second-order valence-electron chi connectivity index (χ2n) is 4.46. The lowest BCUT2D eigenvalue weighted by Crippen LogP contribution is -2.23. The van der Waals surface area contributed by atoms with Crippen molar-refractivity contribution in [2.45, 2.75) is 12.7 Å². The molecule has 0 aliphatic carbocycles. The molecule has 1 aromatic heterocycles. The Morgan fingerprint density at radius 2 is 2.18 bits per heavy atom. The van der Waals surface area contributed by atoms with Crippen molar-refractivity contribution in [1.82, 2.24) is 0 Å². The number of nitro groups is 1. The van der Waals surface area contributed by atoms with Crippen molar-refractivity contribution in [3.8, 4) is 5.75 Å². The molecule has 0 saturated carbocycles. The predicted octanol–water partition coefficient (Wildman–Crippen LogP) is 2.28. The van der Waals surface area contributed by atoms with Crippen molar-refractivity contribution < 1.29 is 28.3 Å². The van der Waals surface area contributed by atoms with Gasteiger partial charge in [-0.3, -0.25) is 10.1 Å². The molecule has 2 rings (SSSR count). The number of aliphatic hydroxyl groups excluding tert-OH is 1. The van der Waals surface area contributed by atoms with Gasteiger partial charge in [-0.2, -0.15) is 0 Å². The van der Waals surface area contributed by atoms with E-state index in [9.17, 15) is 19.6 Å². The summed E-state index contributed by atoms with van der Waals surface area (Å²) in [6.07, 6.45) is 0.548. The number of benzene rings is 1. The van der Waals surface area contributed by atoms with Gasteiger partial charge >= 0.3 is 0 Å². The fourth-order valence-electron chi connectivity index (χ4n) is 1.67. The van der Waals surface area contributed by atoms with Crippen LogP contribution in [-0.4, -0.2) is 29.3 Å². The Hall–Kier alpha value is -2.45. The lowest BCUT2D eigenvalue weighted by atomic mass is 10.3. The number of furan rings is 1. The van der Waals surface area contributed by atoms with Crippen LogP contribution in [0, 0.1) is 15.9 Å². The molecule has 8 heteroatoms. The van der Waals surface area contributed by atoms with Crippen molar-refractivity contribution in [3.05, 3.63) is 58.3 Å². The van der Waals surface area contributed by atoms with Crippen molar-refractivity contribution in [1.29, 1.82) is 0 Å². The zero-order chi connectivity index (χ0) is 15.9. The lowest BCUT2D eigenvalue weighted by Gasteiger charge is -2.12. The van der Waals surface area contributed by atoms with Crippen LogP contribution in [0.4, 0.5) is 10.1 Å². The number of aliphatic hydroxyl groups is 1. The van der Waals surface area contributed by atoms with Gasteiger partial charge in [0.15, 0.2) is 0 Å². The van der Waals surface area contributed by atoms with E-state index in [-0.39, 0.29) is 25.6 Å². The Morgan fingerprint density at radius 3 is 2.86 bits per heavy atom. The van der Waals surface area contributed by atoms with Crippen LogP contribution in [0.3, 0.4) is 0 Å². The highest BCUT2D eigenvalue weighted by Crippen LogP contribution is 2.22. The molecular weight excluding hydrogens is 297 g/mol. The maximum Gasteiger partial charge on any atom is 0.276 e. The molecule has 0 radical (unpaired) electrons. The smallest absolute Gasteiger partial charge is 0.276 e.